The predicted octanol–water partition coefficient (Wildman–Crippen LogP) is 3.60. The first-order chi connectivity index (χ1) is 9.79. The number of rotatable bonds is 11. The Kier molecular flexibility index (Phi) is 9.09. The number of ether oxygens (including phenoxy) is 2. The summed E-state index contributed by atoms with van der Waals surface area (Å²) in [5.41, 5.74) is 1.33. The molecule has 0 heterocycles. The van der Waals surface area contributed by atoms with E-state index in [1.165, 1.54) is 5.56 Å². The molecule has 0 fully saturated rings. The highest BCUT2D eigenvalue weighted by Gasteiger charge is 2.08. The van der Waals surface area contributed by atoms with Gasteiger partial charge in [0.05, 0.1) is 13.2 Å². The van der Waals surface area contributed by atoms with Crippen molar-refractivity contribution in [3.63, 3.8) is 0 Å². The molecule has 1 atom stereocenters. The van der Waals surface area contributed by atoms with Crippen LogP contribution in [0.2, 0.25) is 0 Å². The van der Waals surface area contributed by atoms with E-state index in [4.69, 9.17) is 9.47 Å². The van der Waals surface area contributed by atoms with E-state index in [1.54, 1.807) is 7.11 Å². The van der Waals surface area contributed by atoms with Crippen LogP contribution in [0.15, 0.2) is 24.3 Å². The van der Waals surface area contributed by atoms with Crippen LogP contribution in [0.4, 0.5) is 0 Å². The summed E-state index contributed by atoms with van der Waals surface area (Å²) in [5.74, 6) is 1.61. The smallest absolute Gasteiger partial charge is 0.122 e. The molecule has 3 heteroatoms. The lowest BCUT2D eigenvalue weighted by molar-refractivity contribution is 0.199. The normalized spacial score (nSPS) is 12.3. The van der Waals surface area contributed by atoms with Crippen molar-refractivity contribution in [2.75, 3.05) is 33.4 Å². The number of hydrogen-bond donors (Lipinski definition) is 1. The Hall–Kier alpha value is -1.06. The predicted molar refractivity (Wildman–Crippen MR) is 84.6 cm³/mol. The molecule has 3 nitrogen and oxygen atoms in total. The highest BCUT2D eigenvalue weighted by molar-refractivity contribution is 5.35. The Labute approximate surface area is 123 Å². The van der Waals surface area contributed by atoms with Gasteiger partial charge in [0.25, 0.3) is 0 Å². The molecule has 1 aromatic rings. The maximum absolute atomic E-state index is 5.94. The molecule has 0 aliphatic carbocycles. The summed E-state index contributed by atoms with van der Waals surface area (Å²) in [6, 6.07) is 8.40. The van der Waals surface area contributed by atoms with E-state index >= 15 is 0 Å². The molecule has 1 unspecified atom stereocenters. The van der Waals surface area contributed by atoms with Gasteiger partial charge in [-0.15, -0.1) is 0 Å². The van der Waals surface area contributed by atoms with Crippen LogP contribution in [0, 0.1) is 0 Å². The van der Waals surface area contributed by atoms with Crippen molar-refractivity contribution in [3.8, 4) is 5.75 Å². The van der Waals surface area contributed by atoms with E-state index < -0.39 is 0 Å². The Morgan fingerprint density at radius 3 is 2.65 bits per heavy atom. The summed E-state index contributed by atoms with van der Waals surface area (Å²) >= 11 is 0. The van der Waals surface area contributed by atoms with E-state index in [0.717, 1.165) is 51.3 Å². The average Bonchev–Trinajstić information content (AvgIpc) is 2.49. The van der Waals surface area contributed by atoms with Gasteiger partial charge in [-0.25, -0.2) is 0 Å². The molecular weight excluding hydrogens is 250 g/mol. The summed E-state index contributed by atoms with van der Waals surface area (Å²) in [4.78, 5) is 0. The summed E-state index contributed by atoms with van der Waals surface area (Å²) in [6.45, 7) is 7.99. The zero-order valence-corrected chi connectivity index (χ0v) is 13.2. The number of nitrogens with one attached hydrogen (secondary N) is 1. The molecule has 0 saturated heterocycles. The van der Waals surface area contributed by atoms with Crippen molar-refractivity contribution in [1.82, 2.24) is 5.32 Å². The third-order valence-corrected chi connectivity index (χ3v) is 3.55. The monoisotopic (exact) mass is 279 g/mol. The summed E-state index contributed by atoms with van der Waals surface area (Å²) in [6.07, 6.45) is 3.35. The van der Waals surface area contributed by atoms with Gasteiger partial charge in [-0.2, -0.15) is 0 Å². The minimum atomic E-state index is 0.557. The molecular formula is C17H29NO2. The average molecular weight is 279 g/mol. The third-order valence-electron chi connectivity index (χ3n) is 3.55. The molecule has 0 radical (unpaired) electrons. The van der Waals surface area contributed by atoms with Crippen LogP contribution >= 0.6 is 0 Å². The lowest BCUT2D eigenvalue weighted by Gasteiger charge is -2.15. The van der Waals surface area contributed by atoms with E-state index in [0.29, 0.717) is 5.92 Å². The van der Waals surface area contributed by atoms with Gasteiger partial charge in [-0.1, -0.05) is 32.0 Å². The Morgan fingerprint density at radius 2 is 1.90 bits per heavy atom. The molecule has 1 N–H and O–H groups in total. The van der Waals surface area contributed by atoms with E-state index in [-0.39, 0.29) is 0 Å². The second-order valence-corrected chi connectivity index (χ2v) is 5.15. The first-order valence-electron chi connectivity index (χ1n) is 7.71. The Morgan fingerprint density at radius 1 is 1.10 bits per heavy atom. The van der Waals surface area contributed by atoms with Crippen molar-refractivity contribution in [1.29, 1.82) is 0 Å². The van der Waals surface area contributed by atoms with E-state index in [1.807, 2.05) is 6.07 Å². The topological polar surface area (TPSA) is 30.5 Å². The van der Waals surface area contributed by atoms with Crippen molar-refractivity contribution in [2.45, 2.75) is 39.0 Å². The van der Waals surface area contributed by atoms with Gasteiger partial charge >= 0.3 is 0 Å². The van der Waals surface area contributed by atoms with Gasteiger partial charge in [-0.05, 0) is 43.4 Å². The quantitative estimate of drug-likeness (QED) is 0.628. The van der Waals surface area contributed by atoms with Gasteiger partial charge in [0.1, 0.15) is 5.75 Å². The summed E-state index contributed by atoms with van der Waals surface area (Å²) < 4.78 is 10.9. The first kappa shape index (κ1) is 17.0. The van der Waals surface area contributed by atoms with Crippen molar-refractivity contribution in [3.05, 3.63) is 29.8 Å². The largest absolute Gasteiger partial charge is 0.493 e. The highest BCUT2D eigenvalue weighted by Crippen LogP contribution is 2.28. The van der Waals surface area contributed by atoms with Gasteiger partial charge in [0.2, 0.25) is 0 Å². The fourth-order valence-corrected chi connectivity index (χ4v) is 2.07. The zero-order valence-electron chi connectivity index (χ0n) is 13.2. The molecule has 0 aliphatic heterocycles. The number of benzene rings is 1. The van der Waals surface area contributed by atoms with Crippen LogP contribution in [-0.4, -0.2) is 33.4 Å². The van der Waals surface area contributed by atoms with Crippen LogP contribution in [0.25, 0.3) is 0 Å². The Balaban J connectivity index is 2.22. The van der Waals surface area contributed by atoms with Gasteiger partial charge in [-0.3, -0.25) is 0 Å². The van der Waals surface area contributed by atoms with E-state index in [2.05, 4.69) is 37.4 Å². The lowest BCUT2D eigenvalue weighted by Crippen LogP contribution is -2.20. The molecule has 0 bridgehead atoms. The van der Waals surface area contributed by atoms with Crippen LogP contribution in [0.3, 0.4) is 0 Å². The SMILES string of the molecule is CCC(C)c1ccccc1OCCCCNCCOC. The van der Waals surface area contributed by atoms with Crippen molar-refractivity contribution in [2.24, 2.45) is 0 Å². The molecule has 0 amide bonds. The molecule has 1 aromatic carbocycles. The first-order valence-corrected chi connectivity index (χ1v) is 7.71. The van der Waals surface area contributed by atoms with Crippen LogP contribution < -0.4 is 10.1 Å². The van der Waals surface area contributed by atoms with Crippen molar-refractivity contribution < 1.29 is 9.47 Å². The van der Waals surface area contributed by atoms with E-state index in [9.17, 15) is 0 Å². The summed E-state index contributed by atoms with van der Waals surface area (Å²) in [5, 5.41) is 3.34. The van der Waals surface area contributed by atoms with Crippen LogP contribution in [0.1, 0.15) is 44.6 Å². The second kappa shape index (κ2) is 10.7. The third kappa shape index (κ3) is 6.40. The minimum Gasteiger partial charge on any atom is -0.493 e. The maximum atomic E-state index is 5.94. The van der Waals surface area contributed by atoms with Gasteiger partial charge < -0.3 is 14.8 Å². The van der Waals surface area contributed by atoms with Crippen molar-refractivity contribution >= 4 is 0 Å². The number of para-hydroxylation sites is 1. The molecule has 0 aromatic heterocycles. The summed E-state index contributed by atoms with van der Waals surface area (Å²) in [7, 11) is 1.73. The van der Waals surface area contributed by atoms with Crippen LogP contribution in [-0.2, 0) is 4.74 Å². The number of unbranched alkanes of at least 4 members (excludes halogenated alkanes) is 1. The second-order valence-electron chi connectivity index (χ2n) is 5.15. The molecule has 114 valence electrons. The molecule has 0 aliphatic rings. The fraction of sp³-hybridized carbons (Fsp3) is 0.647. The zero-order chi connectivity index (χ0) is 14.6. The lowest BCUT2D eigenvalue weighted by atomic mass is 9.98. The standard InChI is InChI=1S/C17H29NO2/c1-4-15(2)16-9-5-6-10-17(16)20-13-8-7-11-18-12-14-19-3/h5-6,9-10,15,18H,4,7-8,11-14H2,1-3H3. The minimum absolute atomic E-state index is 0.557. The Bertz CT molecular complexity index is 355. The van der Waals surface area contributed by atoms with Crippen LogP contribution in [0.5, 0.6) is 5.75 Å². The fourth-order valence-electron chi connectivity index (χ4n) is 2.07. The number of methoxy groups -OCH3 is 1. The van der Waals surface area contributed by atoms with Gasteiger partial charge in [0.15, 0.2) is 0 Å². The maximum Gasteiger partial charge on any atom is 0.122 e. The molecule has 0 saturated carbocycles. The number of hydrogen-bond acceptors (Lipinski definition) is 3. The highest BCUT2D eigenvalue weighted by atomic mass is 16.5. The van der Waals surface area contributed by atoms with Gasteiger partial charge in [0, 0.05) is 13.7 Å². The molecule has 1 rings (SSSR count). The molecule has 20 heavy (non-hydrogen) atoms. The molecule has 0 spiro atoms.